The van der Waals surface area contributed by atoms with E-state index in [1.807, 2.05) is 44.1 Å². The number of nitrogens with zero attached hydrogens (tertiary/aromatic N) is 4. The van der Waals surface area contributed by atoms with Crippen molar-refractivity contribution in [2.24, 2.45) is 0 Å². The minimum Gasteiger partial charge on any atom is -0.444 e. The van der Waals surface area contributed by atoms with Crippen LogP contribution in [0.4, 0.5) is 10.6 Å². The Morgan fingerprint density at radius 1 is 1.44 bits per heavy atom. The van der Waals surface area contributed by atoms with E-state index in [9.17, 15) is 4.79 Å². The van der Waals surface area contributed by atoms with Gasteiger partial charge < -0.3 is 15.0 Å². The fourth-order valence-electron chi connectivity index (χ4n) is 3.10. The lowest BCUT2D eigenvalue weighted by Crippen LogP contribution is -2.42. The zero-order valence-electron chi connectivity index (χ0n) is 15.5. The summed E-state index contributed by atoms with van der Waals surface area (Å²) in [5.74, 6) is 0.804. The van der Waals surface area contributed by atoms with E-state index in [-0.39, 0.29) is 12.1 Å². The second-order valence-corrected chi connectivity index (χ2v) is 7.46. The zero-order chi connectivity index (χ0) is 18.0. The van der Waals surface area contributed by atoms with E-state index in [4.69, 9.17) is 4.74 Å². The number of likely N-dealkylation sites (tertiary alicyclic amines) is 1. The van der Waals surface area contributed by atoms with Gasteiger partial charge in [-0.25, -0.2) is 14.3 Å². The Morgan fingerprint density at radius 3 is 2.96 bits per heavy atom. The second kappa shape index (κ2) is 6.90. The van der Waals surface area contributed by atoms with Crippen LogP contribution in [0, 0.1) is 0 Å². The largest absolute Gasteiger partial charge is 0.444 e. The predicted molar refractivity (Wildman–Crippen MR) is 96.8 cm³/mol. The Labute approximate surface area is 148 Å². The zero-order valence-corrected chi connectivity index (χ0v) is 15.5. The summed E-state index contributed by atoms with van der Waals surface area (Å²) < 4.78 is 7.30. The molecule has 0 aromatic carbocycles. The maximum atomic E-state index is 12.4. The first kappa shape index (κ1) is 17.5. The predicted octanol–water partition coefficient (Wildman–Crippen LogP) is 3.10. The van der Waals surface area contributed by atoms with E-state index in [1.165, 1.54) is 0 Å². The monoisotopic (exact) mass is 345 g/mol. The average molecular weight is 345 g/mol. The Bertz CT molecular complexity index is 749. The molecule has 1 fully saturated rings. The number of aryl methyl sites for hydroxylation is 1. The lowest BCUT2D eigenvalue weighted by molar-refractivity contribution is 0.0235. The molecule has 1 amide bonds. The molecule has 1 N–H and O–H groups in total. The van der Waals surface area contributed by atoms with E-state index in [0.29, 0.717) is 6.54 Å². The van der Waals surface area contributed by atoms with Crippen molar-refractivity contribution in [3.05, 3.63) is 24.0 Å². The Morgan fingerprint density at radius 2 is 2.24 bits per heavy atom. The van der Waals surface area contributed by atoms with E-state index in [1.54, 1.807) is 4.52 Å². The van der Waals surface area contributed by atoms with Gasteiger partial charge in [0.05, 0.1) is 12.2 Å². The summed E-state index contributed by atoms with van der Waals surface area (Å²) in [6.07, 6.45) is 6.40. The second-order valence-electron chi connectivity index (χ2n) is 7.46. The fourth-order valence-corrected chi connectivity index (χ4v) is 3.10. The smallest absolute Gasteiger partial charge is 0.410 e. The van der Waals surface area contributed by atoms with E-state index >= 15 is 0 Å². The quantitative estimate of drug-likeness (QED) is 0.922. The van der Waals surface area contributed by atoms with Crippen LogP contribution in [0.1, 0.15) is 46.1 Å². The number of aromatic nitrogens is 3. The van der Waals surface area contributed by atoms with Gasteiger partial charge in [-0.2, -0.15) is 5.10 Å². The molecule has 136 valence electrons. The number of nitrogens with one attached hydrogen (secondary N) is 1. The van der Waals surface area contributed by atoms with E-state index in [0.717, 1.165) is 42.8 Å². The van der Waals surface area contributed by atoms with Crippen molar-refractivity contribution >= 4 is 17.6 Å². The molecule has 7 heteroatoms. The third-order valence-corrected chi connectivity index (χ3v) is 4.35. The van der Waals surface area contributed by atoms with Crippen LogP contribution < -0.4 is 5.32 Å². The molecule has 0 bridgehead atoms. The van der Waals surface area contributed by atoms with Gasteiger partial charge in [0.1, 0.15) is 11.4 Å². The molecule has 7 nitrogen and oxygen atoms in total. The van der Waals surface area contributed by atoms with Crippen molar-refractivity contribution in [3.8, 4) is 0 Å². The molecule has 0 spiro atoms. The van der Waals surface area contributed by atoms with Gasteiger partial charge in [0, 0.05) is 24.8 Å². The molecule has 1 saturated heterocycles. The molecule has 3 heterocycles. The van der Waals surface area contributed by atoms with Gasteiger partial charge in [0.25, 0.3) is 0 Å². The lowest BCUT2D eigenvalue weighted by atomic mass is 10.2. The first-order valence-electron chi connectivity index (χ1n) is 8.94. The van der Waals surface area contributed by atoms with Gasteiger partial charge in [-0.1, -0.05) is 6.92 Å². The number of anilines is 1. The van der Waals surface area contributed by atoms with Gasteiger partial charge in [0.15, 0.2) is 5.65 Å². The SMILES string of the molecule is CCc1cnn2ccc(NCC3CCCN3C(=O)OC(C)(C)C)nc12. The highest BCUT2D eigenvalue weighted by atomic mass is 16.6. The van der Waals surface area contributed by atoms with Crippen LogP contribution in [0.3, 0.4) is 0 Å². The number of hydrogen-bond donors (Lipinski definition) is 1. The highest BCUT2D eigenvalue weighted by molar-refractivity contribution is 5.69. The maximum Gasteiger partial charge on any atom is 0.410 e. The fraction of sp³-hybridized carbons (Fsp3) is 0.611. The van der Waals surface area contributed by atoms with Gasteiger partial charge >= 0.3 is 6.09 Å². The summed E-state index contributed by atoms with van der Waals surface area (Å²) in [6.45, 7) is 9.18. The maximum absolute atomic E-state index is 12.4. The van der Waals surface area contributed by atoms with Crippen molar-refractivity contribution < 1.29 is 9.53 Å². The van der Waals surface area contributed by atoms with Crippen LogP contribution in [-0.2, 0) is 11.2 Å². The molecule has 0 aliphatic carbocycles. The van der Waals surface area contributed by atoms with Crippen LogP contribution in [0.2, 0.25) is 0 Å². The van der Waals surface area contributed by atoms with Crippen molar-refractivity contribution in [3.63, 3.8) is 0 Å². The number of carbonyl (C=O) groups is 1. The topological polar surface area (TPSA) is 71.8 Å². The number of amides is 1. The molecular weight excluding hydrogens is 318 g/mol. The molecule has 2 aromatic rings. The number of carbonyl (C=O) groups excluding carboxylic acids is 1. The highest BCUT2D eigenvalue weighted by Gasteiger charge is 2.32. The molecule has 2 aromatic heterocycles. The molecule has 1 aliphatic heterocycles. The van der Waals surface area contributed by atoms with Gasteiger partial charge in [-0.15, -0.1) is 0 Å². The number of rotatable bonds is 4. The molecule has 25 heavy (non-hydrogen) atoms. The van der Waals surface area contributed by atoms with Gasteiger partial charge in [0.2, 0.25) is 0 Å². The first-order valence-corrected chi connectivity index (χ1v) is 8.94. The van der Waals surface area contributed by atoms with Crippen molar-refractivity contribution in [2.45, 2.75) is 58.6 Å². The van der Waals surface area contributed by atoms with E-state index < -0.39 is 5.60 Å². The van der Waals surface area contributed by atoms with Crippen LogP contribution in [0.25, 0.3) is 5.65 Å². The summed E-state index contributed by atoms with van der Waals surface area (Å²) in [5, 5.41) is 7.66. The molecule has 1 atom stereocenters. The third kappa shape index (κ3) is 4.03. The Hall–Kier alpha value is -2.31. The summed E-state index contributed by atoms with van der Waals surface area (Å²) in [7, 11) is 0. The summed E-state index contributed by atoms with van der Waals surface area (Å²) in [6, 6.07) is 2.04. The normalized spacial score (nSPS) is 17.9. The number of ether oxygens (including phenoxy) is 1. The van der Waals surface area contributed by atoms with Crippen LogP contribution >= 0.6 is 0 Å². The average Bonchev–Trinajstić information content (AvgIpc) is 3.17. The van der Waals surface area contributed by atoms with Crippen LogP contribution in [0.15, 0.2) is 18.5 Å². The first-order chi connectivity index (χ1) is 11.9. The van der Waals surface area contributed by atoms with E-state index in [2.05, 4.69) is 22.3 Å². The molecule has 1 unspecified atom stereocenters. The third-order valence-electron chi connectivity index (χ3n) is 4.35. The summed E-state index contributed by atoms with van der Waals surface area (Å²) >= 11 is 0. The Kier molecular flexibility index (Phi) is 4.83. The van der Waals surface area contributed by atoms with Crippen LogP contribution in [-0.4, -0.2) is 50.3 Å². The van der Waals surface area contributed by atoms with Gasteiger partial charge in [-0.3, -0.25) is 0 Å². The minimum atomic E-state index is -0.469. The molecule has 3 rings (SSSR count). The van der Waals surface area contributed by atoms with Crippen molar-refractivity contribution in [1.82, 2.24) is 19.5 Å². The lowest BCUT2D eigenvalue weighted by Gasteiger charge is -2.28. The molecule has 0 saturated carbocycles. The number of fused-ring (bicyclic) bond motifs is 1. The standard InChI is InChI=1S/C18H27N5O2/c1-5-13-11-20-23-10-8-15(21-16(13)23)19-12-14-7-6-9-22(14)17(24)25-18(2,3)4/h8,10-11,14H,5-7,9,12H2,1-4H3,(H,19,21). The molecule has 0 radical (unpaired) electrons. The van der Waals surface area contributed by atoms with Gasteiger partial charge in [-0.05, 0) is 46.1 Å². The molecule has 1 aliphatic rings. The van der Waals surface area contributed by atoms with Crippen molar-refractivity contribution in [2.75, 3.05) is 18.4 Å². The van der Waals surface area contributed by atoms with Crippen molar-refractivity contribution in [1.29, 1.82) is 0 Å². The summed E-state index contributed by atoms with van der Waals surface area (Å²) in [4.78, 5) is 18.8. The summed E-state index contributed by atoms with van der Waals surface area (Å²) in [5.41, 5.74) is 1.53. The highest BCUT2D eigenvalue weighted by Crippen LogP contribution is 2.21. The minimum absolute atomic E-state index is 0.128. The number of hydrogen-bond acceptors (Lipinski definition) is 5. The van der Waals surface area contributed by atoms with Crippen LogP contribution in [0.5, 0.6) is 0 Å². The molecular formula is C18H27N5O2. The Balaban J connectivity index is 1.65.